The zero-order valence-electron chi connectivity index (χ0n) is 15.5. The molecule has 0 aromatic heterocycles. The van der Waals surface area contributed by atoms with Crippen LogP contribution in [0, 0.1) is 11.8 Å². The lowest BCUT2D eigenvalue weighted by Gasteiger charge is -2.20. The number of amides is 2. The molecule has 2 aromatic carbocycles. The van der Waals surface area contributed by atoms with Crippen LogP contribution >= 0.6 is 11.6 Å². The summed E-state index contributed by atoms with van der Waals surface area (Å²) in [5, 5.41) is 6.20. The standard InChI is InChI=1S/C21H21ClN2O4/c1-12-7-16(12)21(26)24-15-4-2-3-14(10-15)20(25)23-11-13-8-17(22)19-18(9-13)27-5-6-28-19/h2-4,8-10,12,16H,5-7,11H2,1H3,(H,23,25)(H,24,26). The van der Waals surface area contributed by atoms with E-state index in [4.69, 9.17) is 21.1 Å². The van der Waals surface area contributed by atoms with Crippen LogP contribution in [0.5, 0.6) is 11.5 Å². The molecule has 0 bridgehead atoms. The van der Waals surface area contributed by atoms with Crippen molar-refractivity contribution in [1.82, 2.24) is 5.32 Å². The number of fused-ring (bicyclic) bond motifs is 1. The predicted molar refractivity (Wildman–Crippen MR) is 106 cm³/mol. The largest absolute Gasteiger partial charge is 0.486 e. The Bertz CT molecular complexity index is 931. The molecule has 2 unspecified atom stereocenters. The third-order valence-corrected chi connectivity index (χ3v) is 5.23. The summed E-state index contributed by atoms with van der Waals surface area (Å²) >= 11 is 6.23. The predicted octanol–water partition coefficient (Wildman–Crippen LogP) is 3.64. The molecule has 1 aliphatic heterocycles. The summed E-state index contributed by atoms with van der Waals surface area (Å²) in [6, 6.07) is 10.5. The van der Waals surface area contributed by atoms with E-state index in [-0.39, 0.29) is 17.7 Å². The maximum atomic E-state index is 12.5. The van der Waals surface area contributed by atoms with Gasteiger partial charge in [-0.15, -0.1) is 0 Å². The van der Waals surface area contributed by atoms with Crippen molar-refractivity contribution in [2.45, 2.75) is 19.9 Å². The molecule has 4 rings (SSSR count). The first-order valence-corrected chi connectivity index (χ1v) is 9.66. The lowest BCUT2D eigenvalue weighted by molar-refractivity contribution is -0.117. The SMILES string of the molecule is CC1CC1C(=O)Nc1cccc(C(=O)NCc2cc(Cl)c3c(c2)OCCO3)c1. The van der Waals surface area contributed by atoms with Crippen LogP contribution in [0.15, 0.2) is 36.4 Å². The highest BCUT2D eigenvalue weighted by Gasteiger charge is 2.39. The van der Waals surface area contributed by atoms with E-state index in [1.54, 1.807) is 30.3 Å². The monoisotopic (exact) mass is 400 g/mol. The molecule has 2 amide bonds. The first kappa shape index (κ1) is 18.6. The number of hydrogen-bond acceptors (Lipinski definition) is 4. The highest BCUT2D eigenvalue weighted by molar-refractivity contribution is 6.32. The lowest BCUT2D eigenvalue weighted by atomic mass is 10.1. The van der Waals surface area contributed by atoms with E-state index < -0.39 is 0 Å². The van der Waals surface area contributed by atoms with Gasteiger partial charge in [-0.2, -0.15) is 0 Å². The molecule has 1 saturated carbocycles. The molecule has 0 spiro atoms. The highest BCUT2D eigenvalue weighted by Crippen LogP contribution is 2.39. The molecule has 2 N–H and O–H groups in total. The van der Waals surface area contributed by atoms with Crippen molar-refractivity contribution in [3.05, 3.63) is 52.5 Å². The average molecular weight is 401 g/mol. The van der Waals surface area contributed by atoms with Gasteiger partial charge in [0.1, 0.15) is 13.2 Å². The Hall–Kier alpha value is -2.73. The molecule has 0 saturated heterocycles. The first-order chi connectivity index (χ1) is 13.5. The molecule has 2 aromatic rings. The number of nitrogens with one attached hydrogen (secondary N) is 2. The van der Waals surface area contributed by atoms with E-state index in [0.717, 1.165) is 12.0 Å². The van der Waals surface area contributed by atoms with Gasteiger partial charge in [0, 0.05) is 23.7 Å². The van der Waals surface area contributed by atoms with Crippen molar-refractivity contribution in [3.63, 3.8) is 0 Å². The average Bonchev–Trinajstić information content (AvgIpc) is 3.43. The molecule has 146 valence electrons. The number of hydrogen-bond donors (Lipinski definition) is 2. The Morgan fingerprint density at radius 3 is 2.75 bits per heavy atom. The van der Waals surface area contributed by atoms with E-state index in [9.17, 15) is 9.59 Å². The van der Waals surface area contributed by atoms with Gasteiger partial charge in [-0.25, -0.2) is 0 Å². The van der Waals surface area contributed by atoms with Crippen LogP contribution in [0.2, 0.25) is 5.02 Å². The van der Waals surface area contributed by atoms with Crippen molar-refractivity contribution in [3.8, 4) is 11.5 Å². The fourth-order valence-electron chi connectivity index (χ4n) is 3.21. The topological polar surface area (TPSA) is 76.7 Å². The molecular weight excluding hydrogens is 380 g/mol. The summed E-state index contributed by atoms with van der Waals surface area (Å²) < 4.78 is 11.1. The maximum absolute atomic E-state index is 12.5. The van der Waals surface area contributed by atoms with Crippen molar-refractivity contribution in [2.24, 2.45) is 11.8 Å². The third kappa shape index (κ3) is 4.07. The minimum Gasteiger partial charge on any atom is -0.486 e. The smallest absolute Gasteiger partial charge is 0.251 e. The van der Waals surface area contributed by atoms with Gasteiger partial charge in [0.2, 0.25) is 5.91 Å². The second-order valence-electron chi connectivity index (χ2n) is 7.17. The quantitative estimate of drug-likeness (QED) is 0.803. The Morgan fingerprint density at radius 2 is 1.96 bits per heavy atom. The van der Waals surface area contributed by atoms with E-state index in [1.165, 1.54) is 0 Å². The van der Waals surface area contributed by atoms with Crippen molar-refractivity contribution >= 4 is 29.1 Å². The Balaban J connectivity index is 1.39. The summed E-state index contributed by atoms with van der Waals surface area (Å²) in [6.07, 6.45) is 0.921. The molecule has 28 heavy (non-hydrogen) atoms. The van der Waals surface area contributed by atoms with Crippen molar-refractivity contribution in [1.29, 1.82) is 0 Å². The molecule has 1 heterocycles. The lowest BCUT2D eigenvalue weighted by Crippen LogP contribution is -2.23. The van der Waals surface area contributed by atoms with Gasteiger partial charge in [0.05, 0.1) is 5.02 Å². The Kier molecular flexibility index (Phi) is 5.13. The molecule has 7 heteroatoms. The van der Waals surface area contributed by atoms with Crippen LogP contribution in [0.1, 0.15) is 29.3 Å². The van der Waals surface area contributed by atoms with Crippen molar-refractivity contribution < 1.29 is 19.1 Å². The van der Waals surface area contributed by atoms with E-state index in [2.05, 4.69) is 17.6 Å². The van der Waals surface area contributed by atoms with Gasteiger partial charge in [-0.1, -0.05) is 24.6 Å². The Labute approximate surface area is 168 Å². The second kappa shape index (κ2) is 7.72. The number of carbonyl (C=O) groups is 2. The van der Waals surface area contributed by atoms with Crippen LogP contribution in [0.3, 0.4) is 0 Å². The fraction of sp³-hybridized carbons (Fsp3) is 0.333. The molecule has 1 aliphatic carbocycles. The molecular formula is C21H21ClN2O4. The minimum atomic E-state index is -0.234. The number of rotatable bonds is 5. The number of benzene rings is 2. The summed E-state index contributed by atoms with van der Waals surface area (Å²) in [4.78, 5) is 24.6. The number of carbonyl (C=O) groups excluding carboxylic acids is 2. The van der Waals surface area contributed by atoms with E-state index in [1.807, 2.05) is 6.07 Å². The third-order valence-electron chi connectivity index (χ3n) is 4.95. The van der Waals surface area contributed by atoms with Crippen LogP contribution < -0.4 is 20.1 Å². The normalized spacial score (nSPS) is 19.6. The van der Waals surface area contributed by atoms with Gasteiger partial charge in [0.25, 0.3) is 5.91 Å². The maximum Gasteiger partial charge on any atom is 0.251 e. The van der Waals surface area contributed by atoms with Gasteiger partial charge < -0.3 is 20.1 Å². The van der Waals surface area contributed by atoms with Crippen LogP contribution in [-0.2, 0) is 11.3 Å². The zero-order chi connectivity index (χ0) is 19.7. The summed E-state index contributed by atoms with van der Waals surface area (Å²) in [7, 11) is 0. The summed E-state index contributed by atoms with van der Waals surface area (Å²) in [5.74, 6) is 1.41. The Morgan fingerprint density at radius 1 is 1.18 bits per heavy atom. The van der Waals surface area contributed by atoms with Gasteiger partial charge >= 0.3 is 0 Å². The zero-order valence-corrected chi connectivity index (χ0v) is 16.2. The molecule has 1 fully saturated rings. The van der Waals surface area contributed by atoms with Gasteiger partial charge in [0.15, 0.2) is 11.5 Å². The van der Waals surface area contributed by atoms with E-state index in [0.29, 0.717) is 53.4 Å². The summed E-state index contributed by atoms with van der Waals surface area (Å²) in [5.41, 5.74) is 1.92. The second-order valence-corrected chi connectivity index (χ2v) is 7.58. The fourth-order valence-corrected chi connectivity index (χ4v) is 3.50. The van der Waals surface area contributed by atoms with E-state index >= 15 is 0 Å². The van der Waals surface area contributed by atoms with Crippen LogP contribution in [0.4, 0.5) is 5.69 Å². The number of anilines is 1. The number of ether oxygens (including phenoxy) is 2. The molecule has 2 aliphatic rings. The highest BCUT2D eigenvalue weighted by atomic mass is 35.5. The van der Waals surface area contributed by atoms with Crippen LogP contribution in [-0.4, -0.2) is 25.0 Å². The number of halogens is 1. The molecule has 6 nitrogen and oxygen atoms in total. The molecule has 2 atom stereocenters. The molecule has 0 radical (unpaired) electrons. The van der Waals surface area contributed by atoms with Gasteiger partial charge in [-0.3, -0.25) is 9.59 Å². The van der Waals surface area contributed by atoms with Crippen LogP contribution in [0.25, 0.3) is 0 Å². The first-order valence-electron chi connectivity index (χ1n) is 9.28. The minimum absolute atomic E-state index is 0.0102. The van der Waals surface area contributed by atoms with Crippen molar-refractivity contribution in [2.75, 3.05) is 18.5 Å². The van der Waals surface area contributed by atoms with Gasteiger partial charge in [-0.05, 0) is 48.2 Å². The summed E-state index contributed by atoms with van der Waals surface area (Å²) in [6.45, 7) is 3.29.